The van der Waals surface area contributed by atoms with Gasteiger partial charge in [0.1, 0.15) is 6.04 Å². The van der Waals surface area contributed by atoms with Gasteiger partial charge in [0.15, 0.2) is 17.8 Å². The first-order valence-electron chi connectivity index (χ1n) is 17.6. The number of urea groups is 1. The van der Waals surface area contributed by atoms with E-state index in [9.17, 15) is 14.7 Å². The summed E-state index contributed by atoms with van der Waals surface area (Å²) in [5.41, 5.74) is 7.01. The van der Waals surface area contributed by atoms with Crippen LogP contribution < -0.4 is 20.1 Å². The van der Waals surface area contributed by atoms with Crippen molar-refractivity contribution in [1.82, 2.24) is 15.5 Å². The molecule has 1 saturated heterocycles. The average molecular weight is 710 g/mol. The van der Waals surface area contributed by atoms with Gasteiger partial charge in [-0.2, -0.15) is 0 Å². The third kappa shape index (κ3) is 9.29. The molecule has 0 spiro atoms. The molecule has 4 aromatic rings. The molecule has 0 aromatic heterocycles. The van der Waals surface area contributed by atoms with Gasteiger partial charge >= 0.3 is 12.0 Å². The minimum atomic E-state index is -0.817. The first-order chi connectivity index (χ1) is 25.3. The third-order valence-electron chi connectivity index (χ3n) is 9.65. The standard InChI is InChI=1S/C41H47N3O8/c1-48-37-20-32-17-18-44(24-33(32)21-38(37)49-2)25-34-22-36(30-13-11-29(26-45)12-14-30)52-40(51-34)31-15-9-28(10-16-31)23-42-41(47)43-35(39(46)50-3)19-27-7-5-4-6-8-27/h4-16,20-21,34-36,40,45H,17-19,22-26H2,1-3H3,(H2,42,43,47)/t34-,35+,36+,40+/m1/s1. The van der Waals surface area contributed by atoms with Crippen LogP contribution in [0.25, 0.3) is 0 Å². The summed E-state index contributed by atoms with van der Waals surface area (Å²) in [6.07, 6.45) is 0.982. The molecule has 4 aromatic carbocycles. The summed E-state index contributed by atoms with van der Waals surface area (Å²) < 4.78 is 29.2. The van der Waals surface area contributed by atoms with E-state index in [0.29, 0.717) is 12.8 Å². The molecule has 0 bridgehead atoms. The van der Waals surface area contributed by atoms with Gasteiger partial charge in [-0.25, -0.2) is 9.59 Å². The molecule has 274 valence electrons. The number of nitrogens with one attached hydrogen (secondary N) is 2. The maximum atomic E-state index is 12.8. The Morgan fingerprint density at radius 3 is 2.19 bits per heavy atom. The van der Waals surface area contributed by atoms with Crippen LogP contribution in [0, 0.1) is 0 Å². The third-order valence-corrected chi connectivity index (χ3v) is 9.65. The largest absolute Gasteiger partial charge is 0.493 e. The van der Waals surface area contributed by atoms with Crippen molar-refractivity contribution >= 4 is 12.0 Å². The van der Waals surface area contributed by atoms with Crippen molar-refractivity contribution in [2.24, 2.45) is 0 Å². The summed E-state index contributed by atoms with van der Waals surface area (Å²) in [4.78, 5) is 27.6. The highest BCUT2D eigenvalue weighted by molar-refractivity contribution is 5.83. The lowest BCUT2D eigenvalue weighted by Gasteiger charge is -2.39. The number of aliphatic hydroxyl groups excluding tert-OH is 1. The van der Waals surface area contributed by atoms with Gasteiger partial charge in [-0.15, -0.1) is 0 Å². The van der Waals surface area contributed by atoms with E-state index >= 15 is 0 Å². The molecule has 2 aliphatic heterocycles. The molecule has 52 heavy (non-hydrogen) atoms. The summed E-state index contributed by atoms with van der Waals surface area (Å²) in [7, 11) is 4.62. The molecule has 11 nitrogen and oxygen atoms in total. The van der Waals surface area contributed by atoms with Crippen LogP contribution in [-0.2, 0) is 51.5 Å². The number of carbonyl (C=O) groups excluding carboxylic acids is 2. The summed E-state index contributed by atoms with van der Waals surface area (Å²) >= 11 is 0. The molecule has 0 aliphatic carbocycles. The highest BCUT2D eigenvalue weighted by atomic mass is 16.7. The fourth-order valence-corrected chi connectivity index (χ4v) is 6.79. The molecule has 2 aliphatic rings. The molecule has 3 N–H and O–H groups in total. The normalized spacial score (nSPS) is 19.2. The maximum absolute atomic E-state index is 12.8. The summed E-state index contributed by atoms with van der Waals surface area (Å²) in [6.45, 7) is 2.64. The van der Waals surface area contributed by atoms with Gasteiger partial charge < -0.3 is 39.4 Å². The molecule has 4 atom stereocenters. The lowest BCUT2D eigenvalue weighted by molar-refractivity contribution is -0.253. The Kier molecular flexibility index (Phi) is 12.4. The van der Waals surface area contributed by atoms with E-state index in [1.807, 2.05) is 78.9 Å². The van der Waals surface area contributed by atoms with Gasteiger partial charge in [-0.1, -0.05) is 78.9 Å². The first-order valence-corrected chi connectivity index (χ1v) is 17.6. The average Bonchev–Trinajstić information content (AvgIpc) is 3.19. The smallest absolute Gasteiger partial charge is 0.328 e. The van der Waals surface area contributed by atoms with E-state index in [2.05, 4.69) is 27.7 Å². The monoisotopic (exact) mass is 709 g/mol. The zero-order valence-corrected chi connectivity index (χ0v) is 29.9. The van der Waals surface area contributed by atoms with Gasteiger partial charge in [-0.3, -0.25) is 4.90 Å². The second-order valence-corrected chi connectivity index (χ2v) is 13.1. The van der Waals surface area contributed by atoms with Crippen LogP contribution in [0.2, 0.25) is 0 Å². The van der Waals surface area contributed by atoms with Crippen LogP contribution in [0.1, 0.15) is 57.8 Å². The fraction of sp³-hybridized carbons (Fsp3) is 0.366. The number of amides is 2. The Labute approximate surface area is 304 Å². The van der Waals surface area contributed by atoms with Crippen molar-refractivity contribution in [3.63, 3.8) is 0 Å². The van der Waals surface area contributed by atoms with Crippen molar-refractivity contribution < 1.29 is 38.4 Å². The Bertz CT molecular complexity index is 1780. The van der Waals surface area contributed by atoms with Crippen LogP contribution in [0.15, 0.2) is 91.0 Å². The summed E-state index contributed by atoms with van der Waals surface area (Å²) in [5.74, 6) is 0.962. The molecule has 1 fully saturated rings. The second kappa shape index (κ2) is 17.5. The summed E-state index contributed by atoms with van der Waals surface area (Å²) in [6, 6.07) is 28.0. The minimum Gasteiger partial charge on any atom is -0.493 e. The number of ether oxygens (including phenoxy) is 5. The van der Waals surface area contributed by atoms with Crippen LogP contribution in [0.5, 0.6) is 11.5 Å². The number of methoxy groups -OCH3 is 3. The Morgan fingerprint density at radius 2 is 1.52 bits per heavy atom. The molecule has 2 heterocycles. The molecular formula is C41H47N3O8. The number of esters is 1. The van der Waals surface area contributed by atoms with Crippen molar-refractivity contribution in [2.75, 3.05) is 34.4 Å². The zero-order valence-electron chi connectivity index (χ0n) is 29.9. The minimum absolute atomic E-state index is 0.0182. The van der Waals surface area contributed by atoms with Crippen molar-refractivity contribution in [3.05, 3.63) is 130 Å². The van der Waals surface area contributed by atoms with Gasteiger partial charge in [0.25, 0.3) is 0 Å². The number of aliphatic hydroxyl groups is 1. The number of carbonyl (C=O) groups is 2. The number of nitrogens with zero attached hydrogens (tertiary/aromatic N) is 1. The van der Waals surface area contributed by atoms with E-state index < -0.39 is 24.3 Å². The molecule has 0 radical (unpaired) electrons. The quantitative estimate of drug-likeness (QED) is 0.157. The maximum Gasteiger partial charge on any atom is 0.328 e. The van der Waals surface area contributed by atoms with E-state index in [1.54, 1.807) is 14.2 Å². The highest BCUT2D eigenvalue weighted by Crippen LogP contribution is 2.39. The number of hydrogen-bond donors (Lipinski definition) is 3. The zero-order chi connectivity index (χ0) is 36.5. The molecule has 11 heteroatoms. The van der Waals surface area contributed by atoms with Crippen molar-refractivity contribution in [2.45, 2.75) is 63.5 Å². The lowest BCUT2D eigenvalue weighted by Crippen LogP contribution is -2.47. The van der Waals surface area contributed by atoms with E-state index in [4.69, 9.17) is 23.7 Å². The predicted molar refractivity (Wildman–Crippen MR) is 195 cm³/mol. The number of fused-ring (bicyclic) bond motifs is 1. The van der Waals surface area contributed by atoms with Gasteiger partial charge in [0, 0.05) is 44.6 Å². The van der Waals surface area contributed by atoms with E-state index in [-0.39, 0.29) is 25.4 Å². The Hall–Kier alpha value is -4.94. The van der Waals surface area contributed by atoms with Crippen molar-refractivity contribution in [3.8, 4) is 11.5 Å². The Balaban J connectivity index is 1.11. The number of hydrogen-bond acceptors (Lipinski definition) is 9. The van der Waals surface area contributed by atoms with Gasteiger partial charge in [0.05, 0.1) is 40.1 Å². The Morgan fingerprint density at radius 1 is 0.846 bits per heavy atom. The predicted octanol–water partition coefficient (Wildman–Crippen LogP) is 5.38. The van der Waals surface area contributed by atoms with Crippen LogP contribution >= 0.6 is 0 Å². The summed E-state index contributed by atoms with van der Waals surface area (Å²) in [5, 5.41) is 15.2. The van der Waals surface area contributed by atoms with Crippen LogP contribution in [0.4, 0.5) is 4.79 Å². The number of rotatable bonds is 13. The molecule has 0 saturated carbocycles. The lowest BCUT2D eigenvalue weighted by atomic mass is 9.97. The second-order valence-electron chi connectivity index (χ2n) is 13.1. The topological polar surface area (TPSA) is 128 Å². The fourth-order valence-electron chi connectivity index (χ4n) is 6.79. The first kappa shape index (κ1) is 36.8. The van der Waals surface area contributed by atoms with Crippen LogP contribution in [0.3, 0.4) is 0 Å². The van der Waals surface area contributed by atoms with Crippen molar-refractivity contribution in [1.29, 1.82) is 0 Å². The number of benzene rings is 4. The van der Waals surface area contributed by atoms with E-state index in [0.717, 1.165) is 65.4 Å². The van der Waals surface area contributed by atoms with Gasteiger partial charge in [-0.05, 0) is 51.9 Å². The van der Waals surface area contributed by atoms with Crippen LogP contribution in [-0.4, -0.2) is 68.6 Å². The molecule has 6 rings (SSSR count). The van der Waals surface area contributed by atoms with Gasteiger partial charge in [0.2, 0.25) is 0 Å². The van der Waals surface area contributed by atoms with E-state index in [1.165, 1.54) is 18.2 Å². The molecule has 2 amide bonds. The molecule has 0 unspecified atom stereocenters. The molecular weight excluding hydrogens is 662 g/mol. The SMILES string of the molecule is COC(=O)[C@H](Cc1ccccc1)NC(=O)NCc1ccc([C@H]2O[C@@H](CN3CCc4cc(OC)c(OC)cc4C3)C[C@@H](c3ccc(CO)cc3)O2)cc1. The highest BCUT2D eigenvalue weighted by Gasteiger charge is 2.34.